The highest BCUT2D eigenvalue weighted by molar-refractivity contribution is 6.07. The van der Waals surface area contributed by atoms with Gasteiger partial charge in [0.2, 0.25) is 5.91 Å². The Morgan fingerprint density at radius 3 is 2.64 bits per heavy atom. The summed E-state index contributed by atoms with van der Waals surface area (Å²) in [4.78, 5) is 39.5. The fourth-order valence-corrected chi connectivity index (χ4v) is 3.34. The van der Waals surface area contributed by atoms with E-state index in [0.717, 1.165) is 44.9 Å². The van der Waals surface area contributed by atoms with Crippen LogP contribution in [0.15, 0.2) is 0 Å². The summed E-state index contributed by atoms with van der Waals surface area (Å²) in [5.74, 6) is -0.184. The summed E-state index contributed by atoms with van der Waals surface area (Å²) in [6.07, 6.45) is 6.60. The largest absolute Gasteiger partial charge is 0.352 e. The number of nitrogens with zero attached hydrogens (tertiary/aromatic N) is 2. The van der Waals surface area contributed by atoms with E-state index in [4.69, 9.17) is 0 Å². The Balaban J connectivity index is 1.55. The number of rotatable bonds is 5. The quantitative estimate of drug-likeness (QED) is 0.721. The molecular formula is C15H24N4O3. The molecule has 0 unspecified atom stereocenters. The van der Waals surface area contributed by atoms with Crippen LogP contribution in [0.25, 0.3) is 0 Å². The lowest BCUT2D eigenvalue weighted by molar-refractivity contribution is -0.134. The van der Waals surface area contributed by atoms with Crippen LogP contribution in [0.3, 0.4) is 0 Å². The zero-order chi connectivity index (χ0) is 15.7. The third-order valence-corrected chi connectivity index (χ3v) is 4.69. The molecular weight excluding hydrogens is 284 g/mol. The molecule has 1 saturated heterocycles. The lowest BCUT2D eigenvalue weighted by atomic mass is 9.82. The van der Waals surface area contributed by atoms with Crippen molar-refractivity contribution < 1.29 is 14.4 Å². The molecule has 122 valence electrons. The Kier molecular flexibility index (Phi) is 4.08. The fraction of sp³-hybridized carbons (Fsp3) is 0.800. The Morgan fingerprint density at radius 1 is 1.32 bits per heavy atom. The normalized spacial score (nSPS) is 24.0. The summed E-state index contributed by atoms with van der Waals surface area (Å²) in [6, 6.07) is -0.00974. The Hall–Kier alpha value is -1.63. The van der Waals surface area contributed by atoms with Gasteiger partial charge in [-0.2, -0.15) is 0 Å². The van der Waals surface area contributed by atoms with Gasteiger partial charge >= 0.3 is 6.03 Å². The molecule has 2 saturated carbocycles. The van der Waals surface area contributed by atoms with Crippen molar-refractivity contribution >= 4 is 17.8 Å². The van der Waals surface area contributed by atoms with Gasteiger partial charge in [0.25, 0.3) is 5.91 Å². The topological polar surface area (TPSA) is 81.8 Å². The van der Waals surface area contributed by atoms with Crippen molar-refractivity contribution in [3.63, 3.8) is 0 Å². The Bertz CT molecular complexity index is 483. The van der Waals surface area contributed by atoms with Crippen LogP contribution in [-0.4, -0.2) is 59.5 Å². The minimum Gasteiger partial charge on any atom is -0.352 e. The van der Waals surface area contributed by atoms with Crippen molar-refractivity contribution in [1.29, 1.82) is 0 Å². The summed E-state index contributed by atoms with van der Waals surface area (Å²) < 4.78 is 0. The van der Waals surface area contributed by atoms with E-state index in [1.165, 1.54) is 4.90 Å². The Morgan fingerprint density at radius 2 is 2.00 bits per heavy atom. The van der Waals surface area contributed by atoms with E-state index in [0.29, 0.717) is 6.04 Å². The number of hydrogen-bond acceptors (Lipinski definition) is 4. The third-order valence-electron chi connectivity index (χ3n) is 4.69. The van der Waals surface area contributed by atoms with Crippen LogP contribution in [0, 0.1) is 0 Å². The van der Waals surface area contributed by atoms with Gasteiger partial charge in [-0.3, -0.25) is 14.5 Å². The van der Waals surface area contributed by atoms with Crippen molar-refractivity contribution in [2.24, 2.45) is 0 Å². The smallest absolute Gasteiger partial charge is 0.326 e. The van der Waals surface area contributed by atoms with Gasteiger partial charge in [-0.25, -0.2) is 9.69 Å². The van der Waals surface area contributed by atoms with E-state index in [1.807, 2.05) is 0 Å². The summed E-state index contributed by atoms with van der Waals surface area (Å²) in [6.45, 7) is 0.352. The van der Waals surface area contributed by atoms with Crippen LogP contribution in [0.2, 0.25) is 0 Å². The second kappa shape index (κ2) is 5.87. The van der Waals surface area contributed by atoms with Crippen molar-refractivity contribution in [3.05, 3.63) is 0 Å². The lowest BCUT2D eigenvalue weighted by Crippen LogP contribution is -2.49. The molecule has 7 heteroatoms. The van der Waals surface area contributed by atoms with Crippen molar-refractivity contribution in [2.45, 2.75) is 56.5 Å². The molecule has 3 fully saturated rings. The van der Waals surface area contributed by atoms with Crippen molar-refractivity contribution in [3.8, 4) is 0 Å². The van der Waals surface area contributed by atoms with Crippen LogP contribution in [0.5, 0.6) is 0 Å². The molecule has 0 aromatic carbocycles. The summed E-state index contributed by atoms with van der Waals surface area (Å²) in [5.41, 5.74) is -0.688. The molecule has 1 heterocycles. The van der Waals surface area contributed by atoms with Crippen molar-refractivity contribution in [1.82, 2.24) is 20.4 Å². The molecule has 22 heavy (non-hydrogen) atoms. The number of nitrogens with one attached hydrogen (secondary N) is 2. The number of amides is 4. The van der Waals surface area contributed by atoms with Gasteiger partial charge in [-0.1, -0.05) is 19.3 Å². The van der Waals surface area contributed by atoms with E-state index < -0.39 is 5.54 Å². The minimum absolute atomic E-state index is 0.0515. The maximum atomic E-state index is 12.6. The second-order valence-electron chi connectivity index (χ2n) is 6.80. The third kappa shape index (κ3) is 3.09. The maximum absolute atomic E-state index is 12.6. The maximum Gasteiger partial charge on any atom is 0.326 e. The zero-order valence-electron chi connectivity index (χ0n) is 13.1. The van der Waals surface area contributed by atoms with Crippen LogP contribution in [0.4, 0.5) is 4.79 Å². The molecule has 0 aromatic heterocycles. The van der Waals surface area contributed by atoms with E-state index in [2.05, 4.69) is 10.6 Å². The first-order valence-electron chi connectivity index (χ1n) is 8.12. The molecule has 2 aliphatic carbocycles. The average molecular weight is 308 g/mol. The van der Waals surface area contributed by atoms with Crippen LogP contribution in [-0.2, 0) is 9.59 Å². The molecule has 4 amide bonds. The summed E-state index contributed by atoms with van der Waals surface area (Å²) in [7, 11) is 1.75. The van der Waals surface area contributed by atoms with Crippen LogP contribution < -0.4 is 10.6 Å². The fourth-order valence-electron chi connectivity index (χ4n) is 3.34. The predicted molar refractivity (Wildman–Crippen MR) is 79.9 cm³/mol. The van der Waals surface area contributed by atoms with E-state index in [-0.39, 0.29) is 31.1 Å². The van der Waals surface area contributed by atoms with Gasteiger partial charge in [0, 0.05) is 6.04 Å². The van der Waals surface area contributed by atoms with E-state index in [9.17, 15) is 14.4 Å². The van der Waals surface area contributed by atoms with E-state index in [1.54, 1.807) is 11.9 Å². The van der Waals surface area contributed by atoms with E-state index >= 15 is 0 Å². The lowest BCUT2D eigenvalue weighted by Gasteiger charge is -2.30. The van der Waals surface area contributed by atoms with Gasteiger partial charge in [0.15, 0.2) is 0 Å². The number of carbonyl (C=O) groups is 3. The molecule has 7 nitrogen and oxygen atoms in total. The summed E-state index contributed by atoms with van der Waals surface area (Å²) >= 11 is 0. The molecule has 3 aliphatic rings. The Labute approximate surface area is 130 Å². The first-order chi connectivity index (χ1) is 10.5. The van der Waals surface area contributed by atoms with Gasteiger partial charge in [0.1, 0.15) is 5.54 Å². The first-order valence-corrected chi connectivity index (χ1v) is 8.12. The number of likely N-dealkylation sites (N-methyl/N-ethyl adjacent to an activating group) is 1. The highest BCUT2D eigenvalue weighted by Crippen LogP contribution is 2.33. The molecule has 0 atom stereocenters. The first kappa shape index (κ1) is 15.3. The highest BCUT2D eigenvalue weighted by atomic mass is 16.2. The standard InChI is InChI=1S/C15H24N4O3/c1-18(9-12(20)16-11-5-6-11)10-19-13(21)15(17-14(19)22)7-3-2-4-8-15/h11H,2-10H2,1H3,(H,16,20)(H,17,22). The molecule has 0 aromatic rings. The second-order valence-corrected chi connectivity index (χ2v) is 6.80. The molecule has 0 radical (unpaired) electrons. The molecule has 3 rings (SSSR count). The van der Waals surface area contributed by atoms with Gasteiger partial charge in [-0.15, -0.1) is 0 Å². The minimum atomic E-state index is -0.688. The number of urea groups is 1. The summed E-state index contributed by atoms with van der Waals surface area (Å²) in [5, 5.41) is 5.78. The average Bonchev–Trinajstić information content (AvgIpc) is 3.25. The molecule has 1 spiro atoms. The predicted octanol–water partition coefficient (Wildman–Crippen LogP) is 0.409. The molecule has 0 bridgehead atoms. The van der Waals surface area contributed by atoms with Gasteiger partial charge < -0.3 is 10.6 Å². The van der Waals surface area contributed by atoms with Gasteiger partial charge in [-0.05, 0) is 32.7 Å². The number of hydrogen-bond donors (Lipinski definition) is 2. The monoisotopic (exact) mass is 308 g/mol. The molecule has 1 aliphatic heterocycles. The molecule has 2 N–H and O–H groups in total. The van der Waals surface area contributed by atoms with Gasteiger partial charge in [0.05, 0.1) is 13.2 Å². The highest BCUT2D eigenvalue weighted by Gasteiger charge is 2.51. The SMILES string of the molecule is CN(CC(=O)NC1CC1)CN1C(=O)NC2(CCCCC2)C1=O. The number of imide groups is 1. The van der Waals surface area contributed by atoms with Crippen LogP contribution >= 0.6 is 0 Å². The zero-order valence-corrected chi connectivity index (χ0v) is 13.1. The van der Waals surface area contributed by atoms with Crippen molar-refractivity contribution in [2.75, 3.05) is 20.3 Å². The van der Waals surface area contributed by atoms with Crippen LogP contribution in [0.1, 0.15) is 44.9 Å². The number of carbonyl (C=O) groups excluding carboxylic acids is 3.